The number of nitrogen functional groups attached to an aromatic ring is 1. The molecule has 0 bridgehead atoms. The molecule has 150 valence electrons. The first-order chi connectivity index (χ1) is 14.7. The van der Waals surface area contributed by atoms with Gasteiger partial charge in [-0.3, -0.25) is 0 Å². The average molecular weight is 433 g/mol. The third-order valence-electron chi connectivity index (χ3n) is 4.59. The molecule has 4 nitrogen and oxygen atoms in total. The quantitative estimate of drug-likeness (QED) is 0.359. The maximum Gasteiger partial charge on any atom is 0.157 e. The molecule has 0 amide bonds. The van der Waals surface area contributed by atoms with Gasteiger partial charge in [0, 0.05) is 23.0 Å². The minimum atomic E-state index is 0.573. The van der Waals surface area contributed by atoms with Gasteiger partial charge in [-0.25, -0.2) is 9.97 Å². The van der Waals surface area contributed by atoms with Crippen LogP contribution in [0.25, 0.3) is 0 Å². The Balaban J connectivity index is 1.66. The fourth-order valence-corrected chi connectivity index (χ4v) is 4.05. The summed E-state index contributed by atoms with van der Waals surface area (Å²) in [6, 6.07) is 28.3. The zero-order valence-electron chi connectivity index (χ0n) is 16.3. The summed E-state index contributed by atoms with van der Waals surface area (Å²) >= 11 is 7.51. The van der Waals surface area contributed by atoms with E-state index in [2.05, 4.69) is 39.1 Å². The van der Waals surface area contributed by atoms with Crippen LogP contribution in [0, 0.1) is 0 Å². The maximum atomic E-state index is 6.56. The standard InChI is InChI=1S/C24H21ClN4S/c25-20-11-13-21(14-12-20)30-24-22(26)23(27-17-28-24)29(15-18-7-3-1-4-8-18)16-19-9-5-2-6-10-19/h1-14,17H,15-16,26H2. The van der Waals surface area contributed by atoms with Gasteiger partial charge in [0.2, 0.25) is 0 Å². The largest absolute Gasteiger partial charge is 0.394 e. The monoisotopic (exact) mass is 432 g/mol. The van der Waals surface area contributed by atoms with E-state index in [0.717, 1.165) is 15.7 Å². The summed E-state index contributed by atoms with van der Waals surface area (Å²) in [4.78, 5) is 12.2. The lowest BCUT2D eigenvalue weighted by Crippen LogP contribution is -2.24. The van der Waals surface area contributed by atoms with Crippen LogP contribution in [0.1, 0.15) is 11.1 Å². The van der Waals surface area contributed by atoms with Crippen LogP contribution in [-0.4, -0.2) is 9.97 Å². The van der Waals surface area contributed by atoms with E-state index in [1.807, 2.05) is 60.7 Å². The third-order valence-corrected chi connectivity index (χ3v) is 5.87. The minimum absolute atomic E-state index is 0.573. The zero-order chi connectivity index (χ0) is 20.8. The predicted octanol–water partition coefficient (Wildman–Crippen LogP) is 6.07. The molecule has 0 unspecified atom stereocenters. The number of rotatable bonds is 7. The Morgan fingerprint density at radius 1 is 0.767 bits per heavy atom. The van der Waals surface area contributed by atoms with E-state index in [1.165, 1.54) is 22.9 Å². The highest BCUT2D eigenvalue weighted by Crippen LogP contribution is 2.35. The van der Waals surface area contributed by atoms with Gasteiger partial charge in [0.05, 0.1) is 0 Å². The van der Waals surface area contributed by atoms with E-state index < -0.39 is 0 Å². The van der Waals surface area contributed by atoms with E-state index in [-0.39, 0.29) is 0 Å². The summed E-state index contributed by atoms with van der Waals surface area (Å²) in [6.07, 6.45) is 1.58. The Kier molecular flexibility index (Phi) is 6.52. The molecule has 6 heteroatoms. The lowest BCUT2D eigenvalue weighted by atomic mass is 10.1. The molecule has 0 atom stereocenters. The summed E-state index contributed by atoms with van der Waals surface area (Å²) in [5, 5.41) is 1.43. The van der Waals surface area contributed by atoms with Gasteiger partial charge in [0.25, 0.3) is 0 Å². The SMILES string of the molecule is Nc1c(Sc2ccc(Cl)cc2)ncnc1N(Cc1ccccc1)Cc1ccccc1. The van der Waals surface area contributed by atoms with Gasteiger partial charge < -0.3 is 10.6 Å². The Bertz CT molecular complexity index is 1050. The fraction of sp³-hybridized carbons (Fsp3) is 0.0833. The van der Waals surface area contributed by atoms with E-state index in [9.17, 15) is 0 Å². The molecule has 2 N–H and O–H groups in total. The molecule has 0 aliphatic carbocycles. The van der Waals surface area contributed by atoms with Gasteiger partial charge in [-0.1, -0.05) is 84.0 Å². The van der Waals surface area contributed by atoms with E-state index in [1.54, 1.807) is 6.33 Å². The number of nitrogens with two attached hydrogens (primary N) is 1. The van der Waals surface area contributed by atoms with Gasteiger partial charge >= 0.3 is 0 Å². The number of nitrogens with zero attached hydrogens (tertiary/aromatic N) is 3. The van der Waals surface area contributed by atoms with Crippen LogP contribution in [0.2, 0.25) is 5.02 Å². The van der Waals surface area contributed by atoms with Gasteiger partial charge in [-0.15, -0.1) is 0 Å². The van der Waals surface area contributed by atoms with Crippen molar-refractivity contribution in [3.63, 3.8) is 0 Å². The van der Waals surface area contributed by atoms with Gasteiger partial charge in [-0.05, 0) is 35.4 Å². The second-order valence-corrected chi connectivity index (χ2v) is 8.30. The smallest absolute Gasteiger partial charge is 0.157 e. The number of hydrogen-bond donors (Lipinski definition) is 1. The highest BCUT2D eigenvalue weighted by atomic mass is 35.5. The first-order valence-electron chi connectivity index (χ1n) is 9.56. The molecule has 1 aromatic heterocycles. The number of benzene rings is 3. The first kappa shape index (κ1) is 20.3. The van der Waals surface area contributed by atoms with Crippen LogP contribution >= 0.6 is 23.4 Å². The lowest BCUT2D eigenvalue weighted by Gasteiger charge is -2.26. The number of anilines is 2. The van der Waals surface area contributed by atoms with Crippen molar-refractivity contribution in [2.75, 3.05) is 10.6 Å². The van der Waals surface area contributed by atoms with Crippen LogP contribution in [-0.2, 0) is 13.1 Å². The summed E-state index contributed by atoms with van der Waals surface area (Å²) in [5.74, 6) is 0.731. The van der Waals surface area contributed by atoms with Crippen LogP contribution in [0.3, 0.4) is 0 Å². The average Bonchev–Trinajstić information content (AvgIpc) is 2.78. The van der Waals surface area contributed by atoms with Crippen molar-refractivity contribution in [2.24, 2.45) is 0 Å². The van der Waals surface area contributed by atoms with Gasteiger partial charge in [0.15, 0.2) is 5.82 Å². The molecular formula is C24H21ClN4S. The molecule has 0 spiro atoms. The summed E-state index contributed by atoms with van der Waals surface area (Å²) < 4.78 is 0. The van der Waals surface area contributed by atoms with Crippen LogP contribution in [0.15, 0.2) is 101 Å². The Morgan fingerprint density at radius 3 is 1.90 bits per heavy atom. The molecule has 30 heavy (non-hydrogen) atoms. The molecular weight excluding hydrogens is 412 g/mol. The Hall–Kier alpha value is -3.02. The molecule has 0 aliphatic rings. The molecule has 3 aromatic carbocycles. The maximum absolute atomic E-state index is 6.56. The normalized spacial score (nSPS) is 10.7. The van der Waals surface area contributed by atoms with E-state index in [0.29, 0.717) is 23.8 Å². The topological polar surface area (TPSA) is 55.0 Å². The van der Waals surface area contributed by atoms with Gasteiger partial charge in [-0.2, -0.15) is 0 Å². The molecule has 0 fully saturated rings. The van der Waals surface area contributed by atoms with Crippen molar-refractivity contribution >= 4 is 34.9 Å². The van der Waals surface area contributed by atoms with E-state index >= 15 is 0 Å². The van der Waals surface area contributed by atoms with Crippen molar-refractivity contribution in [2.45, 2.75) is 23.0 Å². The van der Waals surface area contributed by atoms with Crippen molar-refractivity contribution in [3.05, 3.63) is 107 Å². The first-order valence-corrected chi connectivity index (χ1v) is 10.7. The minimum Gasteiger partial charge on any atom is -0.394 e. The van der Waals surface area contributed by atoms with Crippen LogP contribution in [0.4, 0.5) is 11.5 Å². The van der Waals surface area contributed by atoms with Crippen molar-refractivity contribution in [1.82, 2.24) is 9.97 Å². The number of hydrogen-bond acceptors (Lipinski definition) is 5. The van der Waals surface area contributed by atoms with Crippen molar-refractivity contribution in [1.29, 1.82) is 0 Å². The summed E-state index contributed by atoms with van der Waals surface area (Å²) in [5.41, 5.74) is 9.51. The Labute approximate surface area is 185 Å². The van der Waals surface area contributed by atoms with Crippen LogP contribution < -0.4 is 10.6 Å². The fourth-order valence-electron chi connectivity index (χ4n) is 3.13. The second-order valence-electron chi connectivity index (χ2n) is 6.80. The summed E-state index contributed by atoms with van der Waals surface area (Å²) in [6.45, 7) is 1.39. The van der Waals surface area contributed by atoms with Crippen molar-refractivity contribution in [3.8, 4) is 0 Å². The molecule has 0 saturated carbocycles. The Morgan fingerprint density at radius 2 is 1.33 bits per heavy atom. The van der Waals surface area contributed by atoms with Crippen molar-refractivity contribution < 1.29 is 0 Å². The highest BCUT2D eigenvalue weighted by Gasteiger charge is 2.17. The molecule has 0 saturated heterocycles. The molecule has 0 aliphatic heterocycles. The summed E-state index contributed by atoms with van der Waals surface area (Å²) in [7, 11) is 0. The molecule has 4 aromatic rings. The van der Waals surface area contributed by atoms with E-state index in [4.69, 9.17) is 17.3 Å². The lowest BCUT2D eigenvalue weighted by molar-refractivity contribution is 0.778. The molecule has 1 heterocycles. The zero-order valence-corrected chi connectivity index (χ0v) is 17.9. The predicted molar refractivity (Wildman–Crippen MR) is 125 cm³/mol. The second kappa shape index (κ2) is 9.65. The molecule has 0 radical (unpaired) electrons. The molecule has 4 rings (SSSR count). The van der Waals surface area contributed by atoms with Crippen LogP contribution in [0.5, 0.6) is 0 Å². The van der Waals surface area contributed by atoms with Gasteiger partial charge in [0.1, 0.15) is 17.0 Å². The third kappa shape index (κ3) is 5.12. The highest BCUT2D eigenvalue weighted by molar-refractivity contribution is 7.99. The number of halogens is 1. The number of aromatic nitrogens is 2.